The Hall–Kier alpha value is -1.51. The maximum absolute atomic E-state index is 11.0. The van der Waals surface area contributed by atoms with Gasteiger partial charge in [0.05, 0.1) is 6.42 Å². The van der Waals surface area contributed by atoms with Crippen LogP contribution in [0.3, 0.4) is 0 Å². The first-order valence-corrected chi connectivity index (χ1v) is 4.73. The van der Waals surface area contributed by atoms with Crippen LogP contribution in [-0.4, -0.2) is 11.7 Å². The largest absolute Gasteiger partial charge is 0.439 e. The number of nitrogens with one attached hydrogen (secondary N) is 1. The lowest BCUT2D eigenvalue weighted by molar-refractivity contribution is -0.145. The molecular formula is C11H13NO2. The van der Waals surface area contributed by atoms with Crippen LogP contribution < -0.4 is 5.32 Å². The van der Waals surface area contributed by atoms with Crippen molar-refractivity contribution >= 4 is 11.7 Å². The number of esters is 1. The molecule has 1 N–H and O–H groups in total. The van der Waals surface area contributed by atoms with Gasteiger partial charge < -0.3 is 10.1 Å². The first kappa shape index (κ1) is 9.06. The molecule has 1 saturated heterocycles. The molecule has 0 aliphatic carbocycles. The van der Waals surface area contributed by atoms with Crippen LogP contribution in [0.1, 0.15) is 19.8 Å². The zero-order chi connectivity index (χ0) is 10.0. The molecule has 0 spiro atoms. The van der Waals surface area contributed by atoms with Gasteiger partial charge in [0.25, 0.3) is 0 Å². The van der Waals surface area contributed by atoms with Gasteiger partial charge in [0.1, 0.15) is 0 Å². The zero-order valence-electron chi connectivity index (χ0n) is 8.12. The van der Waals surface area contributed by atoms with Crippen molar-refractivity contribution < 1.29 is 9.53 Å². The normalized spacial score (nSPS) is 25.9. The highest BCUT2D eigenvalue weighted by molar-refractivity contribution is 5.72. The Bertz CT molecular complexity index is 336. The third kappa shape index (κ3) is 1.87. The van der Waals surface area contributed by atoms with E-state index in [0.29, 0.717) is 6.42 Å². The fourth-order valence-electron chi connectivity index (χ4n) is 1.61. The molecule has 0 bridgehead atoms. The Labute approximate surface area is 83.1 Å². The topological polar surface area (TPSA) is 38.3 Å². The molecule has 3 nitrogen and oxygen atoms in total. The highest BCUT2D eigenvalue weighted by atomic mass is 16.6. The fraction of sp³-hybridized carbons (Fsp3) is 0.364. The van der Waals surface area contributed by atoms with Crippen molar-refractivity contribution in [3.8, 4) is 0 Å². The molecule has 74 valence electrons. The van der Waals surface area contributed by atoms with Crippen molar-refractivity contribution in [2.75, 3.05) is 5.32 Å². The first-order chi connectivity index (χ1) is 6.68. The SMILES string of the molecule is CC1(Nc2ccccc2)CCC(=O)O1. The number of rotatable bonds is 2. The summed E-state index contributed by atoms with van der Waals surface area (Å²) in [6.45, 7) is 1.89. The number of hydrogen-bond donors (Lipinski definition) is 1. The summed E-state index contributed by atoms with van der Waals surface area (Å²) in [6, 6.07) is 9.76. The van der Waals surface area contributed by atoms with Crippen LogP contribution in [0.25, 0.3) is 0 Å². The molecule has 0 aromatic heterocycles. The van der Waals surface area contributed by atoms with E-state index in [9.17, 15) is 4.79 Å². The van der Waals surface area contributed by atoms with E-state index in [0.717, 1.165) is 12.1 Å². The van der Waals surface area contributed by atoms with E-state index in [1.54, 1.807) is 0 Å². The second-order valence-corrected chi connectivity index (χ2v) is 3.70. The first-order valence-electron chi connectivity index (χ1n) is 4.73. The van der Waals surface area contributed by atoms with Crippen LogP contribution in [0.4, 0.5) is 5.69 Å². The van der Waals surface area contributed by atoms with Crippen LogP contribution in [0, 0.1) is 0 Å². The van der Waals surface area contributed by atoms with Gasteiger partial charge in [0.15, 0.2) is 5.72 Å². The summed E-state index contributed by atoms with van der Waals surface area (Å²) in [7, 11) is 0. The molecule has 1 aromatic carbocycles. The monoisotopic (exact) mass is 191 g/mol. The molecular weight excluding hydrogens is 178 g/mol. The third-order valence-electron chi connectivity index (χ3n) is 2.33. The van der Waals surface area contributed by atoms with Gasteiger partial charge in [-0.05, 0) is 19.1 Å². The summed E-state index contributed by atoms with van der Waals surface area (Å²) in [5, 5.41) is 3.20. The van der Waals surface area contributed by atoms with E-state index in [1.807, 2.05) is 37.3 Å². The molecule has 1 aromatic rings. The van der Waals surface area contributed by atoms with E-state index < -0.39 is 5.72 Å². The van der Waals surface area contributed by atoms with Gasteiger partial charge in [0, 0.05) is 12.1 Å². The number of para-hydroxylation sites is 1. The van der Waals surface area contributed by atoms with E-state index in [2.05, 4.69) is 5.32 Å². The third-order valence-corrected chi connectivity index (χ3v) is 2.33. The van der Waals surface area contributed by atoms with Crippen LogP contribution in [-0.2, 0) is 9.53 Å². The number of hydrogen-bond acceptors (Lipinski definition) is 3. The van der Waals surface area contributed by atoms with Crippen LogP contribution in [0.5, 0.6) is 0 Å². The van der Waals surface area contributed by atoms with Gasteiger partial charge >= 0.3 is 5.97 Å². The molecule has 0 amide bonds. The predicted octanol–water partition coefficient (Wildman–Crippen LogP) is 2.15. The lowest BCUT2D eigenvalue weighted by Gasteiger charge is -2.25. The Morgan fingerprint density at radius 3 is 2.64 bits per heavy atom. The van der Waals surface area contributed by atoms with Crippen molar-refractivity contribution in [3.63, 3.8) is 0 Å². The maximum atomic E-state index is 11.0. The molecule has 1 heterocycles. The maximum Gasteiger partial charge on any atom is 0.308 e. The zero-order valence-corrected chi connectivity index (χ0v) is 8.12. The number of anilines is 1. The van der Waals surface area contributed by atoms with E-state index >= 15 is 0 Å². The summed E-state index contributed by atoms with van der Waals surface area (Å²) >= 11 is 0. The molecule has 3 heteroatoms. The second-order valence-electron chi connectivity index (χ2n) is 3.70. The number of cyclic esters (lactones) is 1. The van der Waals surface area contributed by atoms with Gasteiger partial charge in [-0.2, -0.15) is 0 Å². The van der Waals surface area contributed by atoms with Crippen molar-refractivity contribution in [2.24, 2.45) is 0 Å². The molecule has 1 fully saturated rings. The van der Waals surface area contributed by atoms with Gasteiger partial charge in [-0.25, -0.2) is 0 Å². The minimum atomic E-state index is -0.529. The van der Waals surface area contributed by atoms with Gasteiger partial charge in [-0.15, -0.1) is 0 Å². The van der Waals surface area contributed by atoms with Crippen LogP contribution in [0.2, 0.25) is 0 Å². The molecule has 1 atom stereocenters. The molecule has 0 saturated carbocycles. The average molecular weight is 191 g/mol. The smallest absolute Gasteiger partial charge is 0.308 e. The molecule has 1 unspecified atom stereocenters. The Kier molecular flexibility index (Phi) is 2.15. The Morgan fingerprint density at radius 1 is 1.36 bits per heavy atom. The van der Waals surface area contributed by atoms with Gasteiger partial charge in [-0.3, -0.25) is 4.79 Å². The standard InChI is InChI=1S/C11H13NO2/c1-11(8-7-10(13)14-11)12-9-5-3-2-4-6-9/h2-6,12H,7-8H2,1H3. The number of carbonyl (C=O) groups excluding carboxylic acids is 1. The number of benzene rings is 1. The van der Waals surface area contributed by atoms with Crippen molar-refractivity contribution in [1.29, 1.82) is 0 Å². The minimum Gasteiger partial charge on any atom is -0.439 e. The molecule has 2 rings (SSSR count). The molecule has 1 aliphatic rings. The summed E-state index contributed by atoms with van der Waals surface area (Å²) < 4.78 is 5.20. The van der Waals surface area contributed by atoms with Gasteiger partial charge in [0.2, 0.25) is 0 Å². The Balaban J connectivity index is 2.08. The second kappa shape index (κ2) is 3.33. The molecule has 14 heavy (non-hydrogen) atoms. The molecule has 1 aliphatic heterocycles. The minimum absolute atomic E-state index is 0.129. The Morgan fingerprint density at radius 2 is 2.07 bits per heavy atom. The van der Waals surface area contributed by atoms with Crippen LogP contribution in [0.15, 0.2) is 30.3 Å². The number of ether oxygens (including phenoxy) is 1. The fourth-order valence-corrected chi connectivity index (χ4v) is 1.61. The highest BCUT2D eigenvalue weighted by Crippen LogP contribution is 2.27. The average Bonchev–Trinajstić information content (AvgIpc) is 2.47. The van der Waals surface area contributed by atoms with E-state index in [-0.39, 0.29) is 5.97 Å². The quantitative estimate of drug-likeness (QED) is 0.728. The van der Waals surface area contributed by atoms with Crippen molar-refractivity contribution in [1.82, 2.24) is 0 Å². The van der Waals surface area contributed by atoms with E-state index in [4.69, 9.17) is 4.74 Å². The number of carbonyl (C=O) groups is 1. The summed E-state index contributed by atoms with van der Waals surface area (Å²) in [4.78, 5) is 11.0. The van der Waals surface area contributed by atoms with Crippen molar-refractivity contribution in [3.05, 3.63) is 30.3 Å². The summed E-state index contributed by atoms with van der Waals surface area (Å²) in [5.74, 6) is -0.129. The lowest BCUT2D eigenvalue weighted by atomic mass is 10.1. The lowest BCUT2D eigenvalue weighted by Crippen LogP contribution is -2.33. The van der Waals surface area contributed by atoms with Crippen molar-refractivity contribution in [2.45, 2.75) is 25.5 Å². The van der Waals surface area contributed by atoms with Gasteiger partial charge in [-0.1, -0.05) is 18.2 Å². The summed E-state index contributed by atoms with van der Waals surface area (Å²) in [6.07, 6.45) is 1.22. The highest BCUT2D eigenvalue weighted by Gasteiger charge is 2.35. The summed E-state index contributed by atoms with van der Waals surface area (Å²) in [5.41, 5.74) is 0.447. The van der Waals surface area contributed by atoms with Crippen LogP contribution >= 0.6 is 0 Å². The predicted molar refractivity (Wildman–Crippen MR) is 53.8 cm³/mol. The van der Waals surface area contributed by atoms with E-state index in [1.165, 1.54) is 0 Å². The molecule has 0 radical (unpaired) electrons.